The second-order valence-corrected chi connectivity index (χ2v) is 7.06. The molecule has 1 amide bonds. The van der Waals surface area contributed by atoms with Gasteiger partial charge in [-0.25, -0.2) is 0 Å². The van der Waals surface area contributed by atoms with E-state index in [-0.39, 0.29) is 11.9 Å². The van der Waals surface area contributed by atoms with Crippen LogP contribution in [0.4, 0.5) is 5.82 Å². The molecule has 0 aliphatic carbocycles. The fourth-order valence-corrected chi connectivity index (χ4v) is 3.58. The van der Waals surface area contributed by atoms with Gasteiger partial charge in [0.05, 0.1) is 5.69 Å². The summed E-state index contributed by atoms with van der Waals surface area (Å²) in [6, 6.07) is 20.2. The number of anilines is 1. The van der Waals surface area contributed by atoms with Crippen LogP contribution in [0.5, 0.6) is 0 Å². The maximum Gasteiger partial charge on any atom is 0.251 e. The van der Waals surface area contributed by atoms with Crippen molar-refractivity contribution in [1.82, 2.24) is 15.5 Å². The molecule has 1 aliphatic heterocycles. The van der Waals surface area contributed by atoms with Gasteiger partial charge in [0.25, 0.3) is 5.91 Å². The average Bonchev–Trinajstić information content (AvgIpc) is 3.20. The highest BCUT2D eigenvalue weighted by Crippen LogP contribution is 2.24. The Bertz CT molecular complexity index is 911. The Balaban J connectivity index is 1.35. The number of hydrogen-bond donors (Lipinski definition) is 2. The van der Waals surface area contributed by atoms with Gasteiger partial charge < -0.3 is 10.2 Å². The Morgan fingerprint density at radius 3 is 2.52 bits per heavy atom. The number of carbonyl (C=O) groups excluding carboxylic acids is 1. The lowest BCUT2D eigenvalue weighted by molar-refractivity contribution is 0.0930. The van der Waals surface area contributed by atoms with Crippen molar-refractivity contribution in [1.29, 1.82) is 0 Å². The summed E-state index contributed by atoms with van der Waals surface area (Å²) >= 11 is 0. The second-order valence-electron chi connectivity index (χ2n) is 7.06. The third-order valence-corrected chi connectivity index (χ3v) is 5.19. The number of benzene rings is 2. The number of hydrogen-bond acceptors (Lipinski definition) is 3. The molecule has 0 atom stereocenters. The number of rotatable bonds is 4. The predicted molar refractivity (Wildman–Crippen MR) is 108 cm³/mol. The average molecular weight is 360 g/mol. The van der Waals surface area contributed by atoms with E-state index in [1.807, 2.05) is 49.4 Å². The molecule has 1 saturated heterocycles. The van der Waals surface area contributed by atoms with E-state index in [0.717, 1.165) is 54.1 Å². The summed E-state index contributed by atoms with van der Waals surface area (Å²) in [7, 11) is 0. The van der Waals surface area contributed by atoms with Crippen molar-refractivity contribution in [2.45, 2.75) is 25.8 Å². The molecule has 0 bridgehead atoms. The minimum atomic E-state index is 0.0256. The standard InChI is InChI=1S/C22H24N4O/c1-16-7-5-6-10-19(16)22(27)23-18-11-13-26(14-12-18)21-15-20(24-25-21)17-8-3-2-4-9-17/h2-10,15,18H,11-14H2,1H3,(H,23,27)(H,24,25). The van der Waals surface area contributed by atoms with Crippen LogP contribution >= 0.6 is 0 Å². The van der Waals surface area contributed by atoms with Crippen LogP contribution < -0.4 is 10.2 Å². The van der Waals surface area contributed by atoms with Gasteiger partial charge in [0.15, 0.2) is 5.82 Å². The van der Waals surface area contributed by atoms with E-state index in [2.05, 4.69) is 38.6 Å². The molecule has 138 valence electrons. The zero-order chi connectivity index (χ0) is 18.6. The van der Waals surface area contributed by atoms with Gasteiger partial charge in [0.2, 0.25) is 0 Å². The number of nitrogens with zero attached hydrogens (tertiary/aromatic N) is 2. The summed E-state index contributed by atoms with van der Waals surface area (Å²) in [5, 5.41) is 10.8. The molecule has 2 N–H and O–H groups in total. The largest absolute Gasteiger partial charge is 0.355 e. The van der Waals surface area contributed by atoms with Crippen LogP contribution in [0.2, 0.25) is 0 Å². The number of aryl methyl sites for hydroxylation is 1. The Morgan fingerprint density at radius 2 is 1.78 bits per heavy atom. The van der Waals surface area contributed by atoms with Crippen LogP contribution in [-0.4, -0.2) is 35.2 Å². The van der Waals surface area contributed by atoms with Gasteiger partial charge >= 0.3 is 0 Å². The highest BCUT2D eigenvalue weighted by atomic mass is 16.1. The SMILES string of the molecule is Cc1ccccc1C(=O)NC1CCN(c2cc(-c3ccccc3)[nH]n2)CC1. The Morgan fingerprint density at radius 1 is 1.07 bits per heavy atom. The molecule has 1 aromatic heterocycles. The van der Waals surface area contributed by atoms with Crippen LogP contribution in [0.25, 0.3) is 11.3 Å². The van der Waals surface area contributed by atoms with Crippen LogP contribution in [0.15, 0.2) is 60.7 Å². The number of piperidine rings is 1. The second kappa shape index (κ2) is 7.66. The first kappa shape index (κ1) is 17.3. The highest BCUT2D eigenvalue weighted by Gasteiger charge is 2.23. The van der Waals surface area contributed by atoms with Gasteiger partial charge in [0.1, 0.15) is 0 Å². The lowest BCUT2D eigenvalue weighted by atomic mass is 10.0. The number of nitrogens with one attached hydrogen (secondary N) is 2. The van der Waals surface area contributed by atoms with Crippen molar-refractivity contribution in [2.24, 2.45) is 0 Å². The van der Waals surface area contributed by atoms with E-state index in [1.54, 1.807) is 0 Å². The first-order valence-electron chi connectivity index (χ1n) is 9.43. The monoisotopic (exact) mass is 360 g/mol. The van der Waals surface area contributed by atoms with E-state index < -0.39 is 0 Å². The van der Waals surface area contributed by atoms with Crippen molar-refractivity contribution >= 4 is 11.7 Å². The summed E-state index contributed by atoms with van der Waals surface area (Å²) in [6.45, 7) is 3.75. The molecule has 0 spiro atoms. The summed E-state index contributed by atoms with van der Waals surface area (Å²) < 4.78 is 0. The third-order valence-electron chi connectivity index (χ3n) is 5.19. The van der Waals surface area contributed by atoms with E-state index in [1.165, 1.54) is 0 Å². The number of aromatic amines is 1. The number of carbonyl (C=O) groups is 1. The zero-order valence-corrected chi connectivity index (χ0v) is 15.5. The fourth-order valence-electron chi connectivity index (χ4n) is 3.58. The molecule has 0 radical (unpaired) electrons. The van der Waals surface area contributed by atoms with E-state index in [9.17, 15) is 4.79 Å². The molecule has 4 rings (SSSR count). The van der Waals surface area contributed by atoms with Gasteiger partial charge in [-0.3, -0.25) is 9.89 Å². The van der Waals surface area contributed by atoms with E-state index in [4.69, 9.17) is 0 Å². The first-order valence-corrected chi connectivity index (χ1v) is 9.43. The minimum absolute atomic E-state index is 0.0256. The van der Waals surface area contributed by atoms with Gasteiger partial charge in [-0.1, -0.05) is 48.5 Å². The molecular formula is C22H24N4O. The molecule has 27 heavy (non-hydrogen) atoms. The predicted octanol–water partition coefficient (Wildman–Crippen LogP) is 3.78. The molecule has 1 aliphatic rings. The fraction of sp³-hybridized carbons (Fsp3) is 0.273. The maximum absolute atomic E-state index is 12.5. The third kappa shape index (κ3) is 3.87. The molecule has 0 saturated carbocycles. The summed E-state index contributed by atoms with van der Waals surface area (Å²) in [5.41, 5.74) is 3.94. The summed E-state index contributed by atoms with van der Waals surface area (Å²) in [6.07, 6.45) is 1.84. The highest BCUT2D eigenvalue weighted by molar-refractivity contribution is 5.95. The van der Waals surface area contributed by atoms with Gasteiger partial charge in [-0.15, -0.1) is 0 Å². The van der Waals surface area contributed by atoms with Crippen LogP contribution in [-0.2, 0) is 0 Å². The van der Waals surface area contributed by atoms with Gasteiger partial charge in [0, 0.05) is 30.8 Å². The number of amides is 1. The Labute approximate surface area is 159 Å². The van der Waals surface area contributed by atoms with Crippen molar-refractivity contribution in [2.75, 3.05) is 18.0 Å². The van der Waals surface area contributed by atoms with E-state index >= 15 is 0 Å². The molecule has 2 heterocycles. The maximum atomic E-state index is 12.5. The number of aromatic nitrogens is 2. The lowest BCUT2D eigenvalue weighted by Gasteiger charge is -2.32. The number of H-pyrrole nitrogens is 1. The van der Waals surface area contributed by atoms with E-state index in [0.29, 0.717) is 0 Å². The van der Waals surface area contributed by atoms with Gasteiger partial charge in [-0.05, 0) is 37.0 Å². The molecule has 2 aromatic carbocycles. The molecular weight excluding hydrogens is 336 g/mol. The molecule has 1 fully saturated rings. The zero-order valence-electron chi connectivity index (χ0n) is 15.5. The van der Waals surface area contributed by atoms with Crippen molar-refractivity contribution < 1.29 is 4.79 Å². The molecule has 0 unspecified atom stereocenters. The van der Waals surface area contributed by atoms with Crippen molar-refractivity contribution in [3.63, 3.8) is 0 Å². The van der Waals surface area contributed by atoms with Crippen LogP contribution in [0.1, 0.15) is 28.8 Å². The first-order chi connectivity index (χ1) is 13.2. The van der Waals surface area contributed by atoms with Crippen LogP contribution in [0, 0.1) is 6.92 Å². The van der Waals surface area contributed by atoms with Crippen LogP contribution in [0.3, 0.4) is 0 Å². The quantitative estimate of drug-likeness (QED) is 0.744. The Kier molecular flexibility index (Phi) is 4.92. The van der Waals surface area contributed by atoms with Crippen molar-refractivity contribution in [3.8, 4) is 11.3 Å². The smallest absolute Gasteiger partial charge is 0.251 e. The Hall–Kier alpha value is -3.08. The normalized spacial score (nSPS) is 14.9. The molecule has 5 nitrogen and oxygen atoms in total. The van der Waals surface area contributed by atoms with Crippen molar-refractivity contribution in [3.05, 3.63) is 71.8 Å². The lowest BCUT2D eigenvalue weighted by Crippen LogP contribution is -2.45. The minimum Gasteiger partial charge on any atom is -0.355 e. The summed E-state index contributed by atoms with van der Waals surface area (Å²) in [4.78, 5) is 14.8. The summed E-state index contributed by atoms with van der Waals surface area (Å²) in [5.74, 6) is 0.996. The molecule has 5 heteroatoms. The van der Waals surface area contributed by atoms with Gasteiger partial charge in [-0.2, -0.15) is 5.10 Å². The topological polar surface area (TPSA) is 61.0 Å². The molecule has 3 aromatic rings.